The lowest BCUT2D eigenvalue weighted by molar-refractivity contribution is -0.123. The largest absolute Gasteiger partial charge is 0.497 e. The van der Waals surface area contributed by atoms with Crippen molar-refractivity contribution in [3.63, 3.8) is 0 Å². The van der Waals surface area contributed by atoms with Gasteiger partial charge in [0.1, 0.15) is 17.5 Å². The molecular formula is C30H30N4O3. The summed E-state index contributed by atoms with van der Waals surface area (Å²) >= 11 is 0. The normalized spacial score (nSPS) is 14.6. The molecule has 1 aliphatic rings. The van der Waals surface area contributed by atoms with Crippen LogP contribution in [0.3, 0.4) is 0 Å². The van der Waals surface area contributed by atoms with E-state index in [2.05, 4.69) is 15.3 Å². The molecular weight excluding hydrogens is 464 g/mol. The third-order valence-corrected chi connectivity index (χ3v) is 6.92. The van der Waals surface area contributed by atoms with Crippen LogP contribution >= 0.6 is 0 Å². The zero-order valence-corrected chi connectivity index (χ0v) is 20.8. The molecule has 0 spiro atoms. The maximum Gasteiger partial charge on any atom is 0.279 e. The second-order valence-electron chi connectivity index (χ2n) is 9.28. The first kappa shape index (κ1) is 24.4. The number of methoxy groups -OCH3 is 1. The third-order valence-electron chi connectivity index (χ3n) is 6.92. The fourth-order valence-corrected chi connectivity index (χ4v) is 5.05. The molecule has 1 N–H and O–H groups in total. The SMILES string of the molecule is COc1ccc([C@@H](C(=O)NC2CCCCC2)N(C(=O)c2cnccn2)c2cccc3ccccc23)cc1. The van der Waals surface area contributed by atoms with E-state index >= 15 is 0 Å². The highest BCUT2D eigenvalue weighted by Gasteiger charge is 2.36. The molecule has 4 aromatic rings. The van der Waals surface area contributed by atoms with Crippen LogP contribution in [0.25, 0.3) is 10.8 Å². The van der Waals surface area contributed by atoms with Crippen molar-refractivity contribution >= 4 is 28.3 Å². The minimum Gasteiger partial charge on any atom is -0.497 e. The molecule has 1 aromatic heterocycles. The Morgan fingerprint density at radius 2 is 1.70 bits per heavy atom. The molecule has 1 aliphatic carbocycles. The Kier molecular flexibility index (Phi) is 7.40. The number of ether oxygens (including phenoxy) is 1. The molecule has 0 aliphatic heterocycles. The molecule has 1 fully saturated rings. The summed E-state index contributed by atoms with van der Waals surface area (Å²) in [5.41, 5.74) is 1.48. The number of carbonyl (C=O) groups excluding carboxylic acids is 2. The summed E-state index contributed by atoms with van der Waals surface area (Å²) in [5, 5.41) is 5.09. The van der Waals surface area contributed by atoms with Crippen molar-refractivity contribution < 1.29 is 14.3 Å². The highest BCUT2D eigenvalue weighted by Crippen LogP contribution is 2.35. The summed E-state index contributed by atoms with van der Waals surface area (Å²) in [7, 11) is 1.60. The quantitative estimate of drug-likeness (QED) is 0.368. The summed E-state index contributed by atoms with van der Waals surface area (Å²) in [4.78, 5) is 38.2. The summed E-state index contributed by atoms with van der Waals surface area (Å²) in [5.74, 6) is 0.0541. The molecule has 0 saturated heterocycles. The number of nitrogens with one attached hydrogen (secondary N) is 1. The highest BCUT2D eigenvalue weighted by molar-refractivity contribution is 6.13. The topological polar surface area (TPSA) is 84.4 Å². The minimum atomic E-state index is -0.923. The molecule has 2 amide bonds. The van der Waals surface area contributed by atoms with Crippen molar-refractivity contribution in [2.75, 3.05) is 12.0 Å². The van der Waals surface area contributed by atoms with Gasteiger partial charge in [-0.05, 0) is 42.0 Å². The number of nitrogens with zero attached hydrogens (tertiary/aromatic N) is 3. The third kappa shape index (κ3) is 5.31. The molecule has 1 saturated carbocycles. The van der Waals surface area contributed by atoms with Gasteiger partial charge in [0.25, 0.3) is 5.91 Å². The van der Waals surface area contributed by atoms with E-state index in [4.69, 9.17) is 4.74 Å². The van der Waals surface area contributed by atoms with Crippen molar-refractivity contribution in [3.8, 4) is 5.75 Å². The number of fused-ring (bicyclic) bond motifs is 1. The van der Waals surface area contributed by atoms with Gasteiger partial charge < -0.3 is 10.1 Å². The van der Waals surface area contributed by atoms with E-state index in [-0.39, 0.29) is 17.6 Å². The Balaban J connectivity index is 1.67. The van der Waals surface area contributed by atoms with Gasteiger partial charge >= 0.3 is 0 Å². The van der Waals surface area contributed by atoms with Crippen LogP contribution in [-0.4, -0.2) is 34.9 Å². The van der Waals surface area contributed by atoms with E-state index in [9.17, 15) is 9.59 Å². The number of aromatic nitrogens is 2. The van der Waals surface area contributed by atoms with Crippen molar-refractivity contribution in [1.82, 2.24) is 15.3 Å². The van der Waals surface area contributed by atoms with Crippen molar-refractivity contribution in [3.05, 3.63) is 96.6 Å². The molecule has 7 heteroatoms. The molecule has 0 unspecified atom stereocenters. The van der Waals surface area contributed by atoms with E-state index in [0.717, 1.165) is 36.5 Å². The van der Waals surface area contributed by atoms with Crippen LogP contribution in [0.15, 0.2) is 85.3 Å². The van der Waals surface area contributed by atoms with E-state index in [1.54, 1.807) is 12.0 Å². The van der Waals surface area contributed by atoms with Crippen LogP contribution in [0, 0.1) is 0 Å². The van der Waals surface area contributed by atoms with Gasteiger partial charge in [-0.15, -0.1) is 0 Å². The van der Waals surface area contributed by atoms with Crippen molar-refractivity contribution in [2.24, 2.45) is 0 Å². The first-order chi connectivity index (χ1) is 18.2. The molecule has 0 bridgehead atoms. The average molecular weight is 495 g/mol. The van der Waals surface area contributed by atoms with Crippen LogP contribution in [-0.2, 0) is 4.79 Å². The second-order valence-corrected chi connectivity index (χ2v) is 9.28. The summed E-state index contributed by atoms with van der Waals surface area (Å²) in [6.45, 7) is 0. The van der Waals surface area contributed by atoms with Gasteiger partial charge in [0.05, 0.1) is 19.0 Å². The van der Waals surface area contributed by atoms with Gasteiger partial charge in [0.15, 0.2) is 0 Å². The monoisotopic (exact) mass is 494 g/mol. The van der Waals surface area contributed by atoms with E-state index in [1.165, 1.54) is 25.0 Å². The molecule has 188 valence electrons. The first-order valence-corrected chi connectivity index (χ1v) is 12.7. The van der Waals surface area contributed by atoms with E-state index in [1.807, 2.05) is 66.7 Å². The van der Waals surface area contributed by atoms with E-state index in [0.29, 0.717) is 17.0 Å². The summed E-state index contributed by atoms with van der Waals surface area (Å²) in [6.07, 6.45) is 9.68. The molecule has 7 nitrogen and oxygen atoms in total. The number of anilines is 1. The molecule has 3 aromatic carbocycles. The summed E-state index contributed by atoms with van der Waals surface area (Å²) in [6, 6.07) is 20.1. The van der Waals surface area contributed by atoms with Gasteiger partial charge in [-0.2, -0.15) is 0 Å². The maximum atomic E-state index is 14.1. The lowest BCUT2D eigenvalue weighted by atomic mass is 9.94. The maximum absolute atomic E-state index is 14.1. The minimum absolute atomic E-state index is 0.0861. The van der Waals surface area contributed by atoms with Gasteiger partial charge in [0, 0.05) is 23.8 Å². The Labute approximate surface area is 216 Å². The van der Waals surface area contributed by atoms with Crippen molar-refractivity contribution in [1.29, 1.82) is 0 Å². The first-order valence-electron chi connectivity index (χ1n) is 12.7. The summed E-state index contributed by atoms with van der Waals surface area (Å²) < 4.78 is 5.35. The number of carbonyl (C=O) groups is 2. The van der Waals surface area contributed by atoms with Crippen LogP contribution in [0.2, 0.25) is 0 Å². The highest BCUT2D eigenvalue weighted by atomic mass is 16.5. The predicted octanol–water partition coefficient (Wildman–Crippen LogP) is 5.48. The van der Waals surface area contributed by atoms with Crippen molar-refractivity contribution in [2.45, 2.75) is 44.2 Å². The zero-order chi connectivity index (χ0) is 25.6. The average Bonchev–Trinajstić information content (AvgIpc) is 2.96. The van der Waals surface area contributed by atoms with Crippen LogP contribution in [0.4, 0.5) is 5.69 Å². The second kappa shape index (κ2) is 11.2. The zero-order valence-electron chi connectivity index (χ0n) is 20.8. The number of rotatable bonds is 7. The molecule has 0 radical (unpaired) electrons. The van der Waals surface area contributed by atoms with Crippen LogP contribution < -0.4 is 15.0 Å². The lowest BCUT2D eigenvalue weighted by Crippen LogP contribution is -2.47. The molecule has 1 heterocycles. The fourth-order valence-electron chi connectivity index (χ4n) is 5.05. The number of hydrogen-bond acceptors (Lipinski definition) is 5. The van der Waals surface area contributed by atoms with Gasteiger partial charge in [0.2, 0.25) is 5.91 Å². The number of hydrogen-bond donors (Lipinski definition) is 1. The predicted molar refractivity (Wildman–Crippen MR) is 144 cm³/mol. The number of benzene rings is 3. The number of amides is 2. The standard InChI is InChI=1S/C30H30N4O3/c1-37-24-16-14-22(15-17-24)28(29(35)33-23-10-3-2-4-11-23)34(30(36)26-20-31-18-19-32-26)27-13-7-9-21-8-5-6-12-25(21)27/h5-9,12-20,23,28H,2-4,10-11H2,1H3,(H,33,35)/t28-/m0/s1. The van der Waals surface area contributed by atoms with E-state index < -0.39 is 11.9 Å². The Hall–Kier alpha value is -4.26. The van der Waals surface area contributed by atoms with Gasteiger partial charge in [-0.25, -0.2) is 4.98 Å². The van der Waals surface area contributed by atoms with Crippen LogP contribution in [0.1, 0.15) is 54.2 Å². The Bertz CT molecular complexity index is 1360. The van der Waals surface area contributed by atoms with Gasteiger partial charge in [-0.3, -0.25) is 19.5 Å². The fraction of sp³-hybridized carbons (Fsp3) is 0.267. The Morgan fingerprint density at radius 1 is 0.946 bits per heavy atom. The molecule has 5 rings (SSSR count). The molecule has 1 atom stereocenters. The van der Waals surface area contributed by atoms with Gasteiger partial charge in [-0.1, -0.05) is 67.8 Å². The molecule has 37 heavy (non-hydrogen) atoms. The Morgan fingerprint density at radius 3 is 2.43 bits per heavy atom. The van der Waals surface area contributed by atoms with Crippen LogP contribution in [0.5, 0.6) is 5.75 Å². The lowest BCUT2D eigenvalue weighted by Gasteiger charge is -2.34. The smallest absolute Gasteiger partial charge is 0.279 e.